The molecule has 4 aromatic rings. The van der Waals surface area contributed by atoms with Gasteiger partial charge in [-0.2, -0.15) is 8.42 Å². The van der Waals surface area contributed by atoms with Crippen LogP contribution in [0, 0.1) is 6.92 Å². The van der Waals surface area contributed by atoms with Crippen LogP contribution >= 0.6 is 0 Å². The summed E-state index contributed by atoms with van der Waals surface area (Å²) in [6.45, 7) is 4.71. The average Bonchev–Trinajstić information content (AvgIpc) is 3.31. The molecule has 0 unspecified atom stereocenters. The topological polar surface area (TPSA) is 78.8 Å². The van der Waals surface area contributed by atoms with Crippen molar-refractivity contribution in [2.45, 2.75) is 18.5 Å². The number of nitrogens with zero attached hydrogens (tertiary/aromatic N) is 5. The van der Waals surface area contributed by atoms with Crippen LogP contribution in [0.3, 0.4) is 0 Å². The number of sulfonamides is 1. The maximum atomic E-state index is 13.8. The minimum absolute atomic E-state index is 0.0519. The molecule has 3 aromatic carbocycles. The van der Waals surface area contributed by atoms with Gasteiger partial charge in [-0.15, -0.1) is 0 Å². The third-order valence-corrected chi connectivity index (χ3v) is 8.82. The number of para-hydroxylation sites is 1. The molecule has 0 spiro atoms. The summed E-state index contributed by atoms with van der Waals surface area (Å²) in [5.74, 6) is 0.556. The average molecular weight is 530 g/mol. The summed E-state index contributed by atoms with van der Waals surface area (Å²) in [6, 6.07) is 26.5. The Morgan fingerprint density at radius 1 is 0.868 bits per heavy atom. The number of imidazole rings is 1. The van der Waals surface area contributed by atoms with Gasteiger partial charge in [-0.3, -0.25) is 9.10 Å². The van der Waals surface area contributed by atoms with Gasteiger partial charge >= 0.3 is 0 Å². The van der Waals surface area contributed by atoms with Crippen molar-refractivity contribution in [3.05, 3.63) is 108 Å². The number of hydrogen-bond acceptors (Lipinski definition) is 5. The van der Waals surface area contributed by atoms with E-state index in [0.29, 0.717) is 30.2 Å². The van der Waals surface area contributed by atoms with E-state index in [1.807, 2.05) is 53.4 Å². The molecule has 1 aromatic heterocycles. The van der Waals surface area contributed by atoms with Gasteiger partial charge in [0.2, 0.25) is 0 Å². The van der Waals surface area contributed by atoms with Crippen molar-refractivity contribution in [2.24, 2.45) is 7.05 Å². The van der Waals surface area contributed by atoms with Gasteiger partial charge in [-0.05, 0) is 48.9 Å². The fourth-order valence-corrected chi connectivity index (χ4v) is 6.27. The number of rotatable bonds is 7. The zero-order valence-corrected chi connectivity index (χ0v) is 22.4. The summed E-state index contributed by atoms with van der Waals surface area (Å²) >= 11 is 0. The smallest absolute Gasteiger partial charge is 0.281 e. The Morgan fingerprint density at radius 3 is 2.05 bits per heavy atom. The highest BCUT2D eigenvalue weighted by molar-refractivity contribution is 7.92. The number of piperazine rings is 1. The van der Waals surface area contributed by atoms with Crippen molar-refractivity contribution in [1.29, 1.82) is 0 Å². The highest BCUT2D eigenvalue weighted by Crippen LogP contribution is 2.27. The standard InChI is InChI=1S/C29H31N5O3S/c1-23-30-21-28(31(23)2)38(36,37)34(22-24-9-5-3-6-10-24)27-15-13-25(14-16-27)29(35)33-19-17-32(18-20-33)26-11-7-4-8-12-26/h3-16,21H,17-20,22H2,1-2H3. The molecule has 0 radical (unpaired) electrons. The van der Waals surface area contributed by atoms with Crippen LogP contribution in [0.2, 0.25) is 0 Å². The Balaban J connectivity index is 1.36. The molecule has 196 valence electrons. The lowest BCUT2D eigenvalue weighted by Crippen LogP contribution is -2.48. The summed E-state index contributed by atoms with van der Waals surface area (Å²) in [5, 5.41) is 0.113. The second-order valence-corrected chi connectivity index (χ2v) is 11.2. The Morgan fingerprint density at radius 2 is 1.47 bits per heavy atom. The van der Waals surface area contributed by atoms with E-state index in [9.17, 15) is 13.2 Å². The molecular formula is C29H31N5O3S. The Hall–Kier alpha value is -4.11. The van der Waals surface area contributed by atoms with Crippen LogP contribution in [0.5, 0.6) is 0 Å². The van der Waals surface area contributed by atoms with Gasteiger partial charge in [0.15, 0.2) is 5.03 Å². The monoisotopic (exact) mass is 529 g/mol. The van der Waals surface area contributed by atoms with Gasteiger partial charge in [-0.25, -0.2) is 4.98 Å². The molecule has 0 N–H and O–H groups in total. The van der Waals surface area contributed by atoms with Crippen LogP contribution < -0.4 is 9.21 Å². The number of hydrogen-bond donors (Lipinski definition) is 0. The zero-order chi connectivity index (χ0) is 26.7. The third kappa shape index (κ3) is 5.15. The van der Waals surface area contributed by atoms with Crippen LogP contribution in [0.15, 0.2) is 96.2 Å². The Bertz CT molecular complexity index is 1500. The molecule has 1 aliphatic heterocycles. The SMILES string of the molecule is Cc1ncc(S(=O)(=O)N(Cc2ccccc2)c2ccc(C(=O)N3CCN(c4ccccc4)CC3)cc2)n1C. The van der Waals surface area contributed by atoms with Crippen LogP contribution in [0.1, 0.15) is 21.7 Å². The number of anilines is 2. The molecule has 0 bridgehead atoms. The molecule has 0 aliphatic carbocycles. The second-order valence-electron chi connectivity index (χ2n) is 9.36. The van der Waals surface area contributed by atoms with Crippen molar-refractivity contribution in [1.82, 2.24) is 14.5 Å². The summed E-state index contributed by atoms with van der Waals surface area (Å²) in [4.78, 5) is 21.6. The molecule has 1 fully saturated rings. The van der Waals surface area contributed by atoms with E-state index in [-0.39, 0.29) is 17.5 Å². The number of carbonyl (C=O) groups excluding carboxylic acids is 1. The molecular weight excluding hydrogens is 498 g/mol. The number of amides is 1. The van der Waals surface area contributed by atoms with E-state index in [0.717, 1.165) is 24.3 Å². The Labute approximate surface area is 223 Å². The molecule has 5 rings (SSSR count). The van der Waals surface area contributed by atoms with E-state index in [2.05, 4.69) is 22.0 Å². The maximum Gasteiger partial charge on any atom is 0.281 e. The molecule has 9 heteroatoms. The highest BCUT2D eigenvalue weighted by atomic mass is 32.2. The molecule has 8 nitrogen and oxygen atoms in total. The first kappa shape index (κ1) is 25.5. The minimum atomic E-state index is -3.92. The van der Waals surface area contributed by atoms with E-state index in [4.69, 9.17) is 0 Å². The largest absolute Gasteiger partial charge is 0.368 e. The predicted molar refractivity (Wildman–Crippen MR) is 149 cm³/mol. The van der Waals surface area contributed by atoms with E-state index in [1.54, 1.807) is 42.8 Å². The lowest BCUT2D eigenvalue weighted by molar-refractivity contribution is 0.0747. The quantitative estimate of drug-likeness (QED) is 0.360. The number of aromatic nitrogens is 2. The van der Waals surface area contributed by atoms with Gasteiger partial charge < -0.3 is 14.4 Å². The van der Waals surface area contributed by atoms with Crippen molar-refractivity contribution < 1.29 is 13.2 Å². The van der Waals surface area contributed by atoms with Crippen molar-refractivity contribution in [3.63, 3.8) is 0 Å². The first-order chi connectivity index (χ1) is 18.3. The third-order valence-electron chi connectivity index (χ3n) is 6.99. The molecule has 1 amide bonds. The molecule has 0 saturated carbocycles. The predicted octanol–water partition coefficient (Wildman–Crippen LogP) is 4.09. The summed E-state index contributed by atoms with van der Waals surface area (Å²) in [5.41, 5.74) is 3.03. The van der Waals surface area contributed by atoms with Crippen molar-refractivity contribution >= 4 is 27.3 Å². The van der Waals surface area contributed by atoms with Gasteiger partial charge in [0, 0.05) is 44.5 Å². The van der Waals surface area contributed by atoms with E-state index >= 15 is 0 Å². The van der Waals surface area contributed by atoms with Gasteiger partial charge in [0.05, 0.1) is 18.4 Å². The van der Waals surface area contributed by atoms with Crippen LogP contribution in [0.25, 0.3) is 0 Å². The second kappa shape index (κ2) is 10.7. The van der Waals surface area contributed by atoms with Crippen LogP contribution in [-0.2, 0) is 23.6 Å². The molecule has 2 heterocycles. The Kier molecular flexibility index (Phi) is 7.20. The van der Waals surface area contributed by atoms with Crippen molar-refractivity contribution in [2.75, 3.05) is 35.4 Å². The lowest BCUT2D eigenvalue weighted by atomic mass is 10.1. The molecule has 1 saturated heterocycles. The summed E-state index contributed by atoms with van der Waals surface area (Å²) in [6.07, 6.45) is 1.38. The fraction of sp³-hybridized carbons (Fsp3) is 0.241. The van der Waals surface area contributed by atoms with Crippen LogP contribution in [-0.4, -0.2) is 55.0 Å². The number of aryl methyl sites for hydroxylation is 1. The van der Waals surface area contributed by atoms with Gasteiger partial charge in [0.1, 0.15) is 5.82 Å². The minimum Gasteiger partial charge on any atom is -0.368 e. The molecule has 0 atom stereocenters. The molecule has 38 heavy (non-hydrogen) atoms. The first-order valence-electron chi connectivity index (χ1n) is 12.6. The fourth-order valence-electron chi connectivity index (χ4n) is 4.66. The van der Waals surface area contributed by atoms with E-state index < -0.39 is 10.0 Å². The lowest BCUT2D eigenvalue weighted by Gasteiger charge is -2.36. The summed E-state index contributed by atoms with van der Waals surface area (Å²) < 4.78 is 30.5. The van der Waals surface area contributed by atoms with Gasteiger partial charge in [0.25, 0.3) is 15.9 Å². The number of benzene rings is 3. The number of carbonyl (C=O) groups is 1. The summed E-state index contributed by atoms with van der Waals surface area (Å²) in [7, 11) is -2.23. The highest BCUT2D eigenvalue weighted by Gasteiger charge is 2.29. The van der Waals surface area contributed by atoms with Gasteiger partial charge in [-0.1, -0.05) is 48.5 Å². The van der Waals surface area contributed by atoms with E-state index in [1.165, 1.54) is 10.5 Å². The maximum absolute atomic E-state index is 13.8. The zero-order valence-electron chi connectivity index (χ0n) is 21.6. The van der Waals surface area contributed by atoms with Crippen molar-refractivity contribution in [3.8, 4) is 0 Å². The molecule has 1 aliphatic rings. The van der Waals surface area contributed by atoms with Crippen LogP contribution in [0.4, 0.5) is 11.4 Å². The first-order valence-corrected chi connectivity index (χ1v) is 14.0. The normalized spacial score (nSPS) is 13.9.